The molecule has 0 bridgehead atoms. The van der Waals surface area contributed by atoms with E-state index in [4.69, 9.17) is 4.74 Å². The average molecular weight is 298 g/mol. The lowest BCUT2D eigenvalue weighted by Crippen LogP contribution is -2.24. The molecule has 20 heavy (non-hydrogen) atoms. The largest absolute Gasteiger partial charge is 0.550 e. The van der Waals surface area contributed by atoms with Crippen molar-refractivity contribution in [3.63, 3.8) is 0 Å². The van der Waals surface area contributed by atoms with Crippen molar-refractivity contribution in [2.24, 2.45) is 0 Å². The Kier molecular flexibility index (Phi) is 5.69. The van der Waals surface area contributed by atoms with Crippen LogP contribution in [-0.2, 0) is 14.3 Å². The number of carboxylic acids is 1. The third kappa shape index (κ3) is 4.06. The fourth-order valence-electron chi connectivity index (χ4n) is 1.57. The molecule has 110 valence electrons. The van der Waals surface area contributed by atoms with Crippen molar-refractivity contribution in [3.05, 3.63) is 16.0 Å². The van der Waals surface area contributed by atoms with Gasteiger partial charge in [-0.2, -0.15) is 0 Å². The summed E-state index contributed by atoms with van der Waals surface area (Å²) in [6.45, 7) is 5.55. The van der Waals surface area contributed by atoms with Crippen molar-refractivity contribution in [2.45, 2.75) is 33.6 Å². The van der Waals surface area contributed by atoms with Crippen LogP contribution in [-0.4, -0.2) is 24.5 Å². The topological polar surface area (TPSA) is 95.5 Å². The molecular weight excluding hydrogens is 282 g/mol. The number of amides is 1. The molecule has 0 radical (unpaired) electrons. The summed E-state index contributed by atoms with van der Waals surface area (Å²) >= 11 is 1.26. The lowest BCUT2D eigenvalue weighted by atomic mass is 10.1. The van der Waals surface area contributed by atoms with Crippen LogP contribution in [0.4, 0.5) is 5.00 Å². The Bertz CT molecular complexity index is 535. The van der Waals surface area contributed by atoms with Crippen molar-refractivity contribution < 1.29 is 24.2 Å². The Balaban J connectivity index is 2.89. The minimum Gasteiger partial charge on any atom is -0.550 e. The molecule has 0 atom stereocenters. The zero-order valence-corrected chi connectivity index (χ0v) is 12.4. The van der Waals surface area contributed by atoms with Crippen LogP contribution in [0.15, 0.2) is 0 Å². The molecule has 0 aromatic carbocycles. The average Bonchev–Trinajstić information content (AvgIpc) is 2.62. The molecule has 1 aromatic rings. The van der Waals surface area contributed by atoms with Gasteiger partial charge in [0.15, 0.2) is 0 Å². The van der Waals surface area contributed by atoms with Gasteiger partial charge in [0, 0.05) is 17.3 Å². The molecule has 1 aromatic heterocycles. The van der Waals surface area contributed by atoms with Gasteiger partial charge >= 0.3 is 5.97 Å². The van der Waals surface area contributed by atoms with Gasteiger partial charge in [-0.05, 0) is 32.8 Å². The van der Waals surface area contributed by atoms with Crippen LogP contribution in [0.1, 0.15) is 40.6 Å². The third-order valence-electron chi connectivity index (χ3n) is 2.67. The third-order valence-corrected chi connectivity index (χ3v) is 3.80. The molecule has 6 nitrogen and oxygen atoms in total. The summed E-state index contributed by atoms with van der Waals surface area (Å²) in [6, 6.07) is 0. The molecule has 1 heterocycles. The fraction of sp³-hybridized carbons (Fsp3) is 0.462. The van der Waals surface area contributed by atoms with Crippen LogP contribution in [0.5, 0.6) is 0 Å². The highest BCUT2D eigenvalue weighted by Crippen LogP contribution is 2.33. The number of anilines is 1. The number of carboxylic acid groups (broad SMARTS) is 1. The number of thiophene rings is 1. The Labute approximate surface area is 120 Å². The number of esters is 1. The van der Waals surface area contributed by atoms with E-state index in [1.54, 1.807) is 13.8 Å². The smallest absolute Gasteiger partial charge is 0.341 e. The van der Waals surface area contributed by atoms with Crippen molar-refractivity contribution in [3.8, 4) is 0 Å². The first kappa shape index (κ1) is 16.2. The molecule has 1 N–H and O–H groups in total. The molecule has 0 saturated heterocycles. The van der Waals surface area contributed by atoms with Crippen LogP contribution in [0.3, 0.4) is 0 Å². The Hall–Kier alpha value is -1.89. The van der Waals surface area contributed by atoms with Crippen molar-refractivity contribution in [1.82, 2.24) is 0 Å². The molecule has 0 aliphatic heterocycles. The second-order valence-corrected chi connectivity index (χ2v) is 5.35. The highest BCUT2D eigenvalue weighted by atomic mass is 32.1. The van der Waals surface area contributed by atoms with Crippen LogP contribution in [0, 0.1) is 13.8 Å². The van der Waals surface area contributed by atoms with Crippen molar-refractivity contribution >= 4 is 34.2 Å². The summed E-state index contributed by atoms with van der Waals surface area (Å²) < 4.78 is 4.95. The first-order chi connectivity index (χ1) is 9.36. The molecule has 0 aliphatic rings. The maximum absolute atomic E-state index is 11.9. The van der Waals surface area contributed by atoms with E-state index in [2.05, 4.69) is 5.32 Å². The van der Waals surface area contributed by atoms with Crippen molar-refractivity contribution in [1.29, 1.82) is 0 Å². The van der Waals surface area contributed by atoms with Crippen LogP contribution < -0.4 is 10.4 Å². The van der Waals surface area contributed by atoms with Gasteiger partial charge in [0.1, 0.15) is 5.00 Å². The number of hydrogen-bond acceptors (Lipinski definition) is 6. The summed E-state index contributed by atoms with van der Waals surface area (Å²) in [6.07, 6.45) is -0.551. The number of carbonyl (C=O) groups excluding carboxylic acids is 3. The highest BCUT2D eigenvalue weighted by Gasteiger charge is 2.21. The van der Waals surface area contributed by atoms with Gasteiger partial charge in [-0.1, -0.05) is 0 Å². The Morgan fingerprint density at radius 2 is 1.90 bits per heavy atom. The monoisotopic (exact) mass is 298 g/mol. The molecule has 0 fully saturated rings. The number of aliphatic carboxylic acids is 1. The quantitative estimate of drug-likeness (QED) is 0.791. The number of carbonyl (C=O) groups is 3. The number of aryl methyl sites for hydroxylation is 1. The number of ether oxygens (including phenoxy) is 1. The predicted molar refractivity (Wildman–Crippen MR) is 72.6 cm³/mol. The normalized spacial score (nSPS) is 10.2. The van der Waals surface area contributed by atoms with Crippen LogP contribution in [0.25, 0.3) is 0 Å². The lowest BCUT2D eigenvalue weighted by molar-refractivity contribution is -0.305. The summed E-state index contributed by atoms with van der Waals surface area (Å²) in [5.41, 5.74) is 1.08. The SMILES string of the molecule is CCOC(=O)c1c(NC(=O)CCC(=O)[O-])sc(C)c1C. The zero-order valence-electron chi connectivity index (χ0n) is 11.6. The van der Waals surface area contributed by atoms with Gasteiger partial charge in [0.2, 0.25) is 5.91 Å². The first-order valence-corrected chi connectivity index (χ1v) is 6.95. The van der Waals surface area contributed by atoms with Crippen molar-refractivity contribution in [2.75, 3.05) is 11.9 Å². The number of hydrogen-bond donors (Lipinski definition) is 1. The summed E-state index contributed by atoms with van der Waals surface area (Å²) in [4.78, 5) is 34.7. The Morgan fingerprint density at radius 3 is 2.45 bits per heavy atom. The number of rotatable bonds is 6. The van der Waals surface area contributed by atoms with E-state index in [1.165, 1.54) is 11.3 Å². The van der Waals surface area contributed by atoms with E-state index in [0.29, 0.717) is 10.6 Å². The molecular formula is C13H16NO5S-. The van der Waals surface area contributed by atoms with Gasteiger partial charge < -0.3 is 20.0 Å². The van der Waals surface area contributed by atoms with Gasteiger partial charge in [0.25, 0.3) is 0 Å². The highest BCUT2D eigenvalue weighted by molar-refractivity contribution is 7.16. The van der Waals surface area contributed by atoms with Crippen LogP contribution in [0.2, 0.25) is 0 Å². The van der Waals surface area contributed by atoms with E-state index in [1.807, 2.05) is 6.92 Å². The molecule has 7 heteroatoms. The van der Waals surface area contributed by atoms with Gasteiger partial charge in [-0.25, -0.2) is 4.79 Å². The molecule has 0 spiro atoms. The molecule has 1 rings (SSSR count). The summed E-state index contributed by atoms with van der Waals surface area (Å²) in [7, 11) is 0. The number of nitrogens with one attached hydrogen (secondary N) is 1. The lowest BCUT2D eigenvalue weighted by Gasteiger charge is -2.07. The fourth-order valence-corrected chi connectivity index (χ4v) is 2.63. The second-order valence-electron chi connectivity index (χ2n) is 4.13. The standard InChI is InChI=1S/C13H17NO5S/c1-4-19-13(18)11-7(2)8(3)20-12(11)14-9(15)5-6-10(16)17/h4-6H2,1-3H3,(H,14,15)(H,16,17)/p-1. The van der Waals surface area contributed by atoms with E-state index >= 15 is 0 Å². The second kappa shape index (κ2) is 7.04. The molecule has 0 saturated carbocycles. The van der Waals surface area contributed by atoms with Gasteiger partial charge in [-0.15, -0.1) is 11.3 Å². The minimum atomic E-state index is -1.29. The van der Waals surface area contributed by atoms with Gasteiger partial charge in [0.05, 0.1) is 12.2 Å². The molecule has 0 unspecified atom stereocenters. The van der Waals surface area contributed by atoms with E-state index in [-0.39, 0.29) is 19.4 Å². The molecule has 1 amide bonds. The van der Waals surface area contributed by atoms with E-state index < -0.39 is 17.8 Å². The van der Waals surface area contributed by atoms with E-state index in [9.17, 15) is 19.5 Å². The maximum atomic E-state index is 11.9. The van der Waals surface area contributed by atoms with Crippen LogP contribution >= 0.6 is 11.3 Å². The maximum Gasteiger partial charge on any atom is 0.341 e. The Morgan fingerprint density at radius 1 is 1.25 bits per heavy atom. The first-order valence-electron chi connectivity index (χ1n) is 6.13. The zero-order chi connectivity index (χ0) is 15.3. The summed E-state index contributed by atoms with van der Waals surface area (Å²) in [5.74, 6) is -2.25. The predicted octanol–water partition coefficient (Wildman–Crippen LogP) is 1.01. The van der Waals surface area contributed by atoms with Gasteiger partial charge in [-0.3, -0.25) is 4.79 Å². The summed E-state index contributed by atoms with van der Waals surface area (Å²) in [5, 5.41) is 13.3. The minimum absolute atomic E-state index is 0.194. The van der Waals surface area contributed by atoms with E-state index in [0.717, 1.165) is 10.4 Å². The molecule has 0 aliphatic carbocycles.